The van der Waals surface area contributed by atoms with E-state index in [-0.39, 0.29) is 5.56 Å². The second-order valence-corrected chi connectivity index (χ2v) is 7.16. The third-order valence-corrected chi connectivity index (χ3v) is 4.87. The highest BCUT2D eigenvalue weighted by molar-refractivity contribution is 7.99. The summed E-state index contributed by atoms with van der Waals surface area (Å²) >= 11 is 1.79. The van der Waals surface area contributed by atoms with Crippen molar-refractivity contribution in [1.82, 2.24) is 9.55 Å². The minimum absolute atomic E-state index is 0.0398. The number of aryl methyl sites for hydroxylation is 1. The average Bonchev–Trinajstić information content (AvgIpc) is 2.64. The molecule has 1 aromatic carbocycles. The number of fused-ring (bicyclic) bond motifs is 1. The number of ether oxygens (including phenoxy) is 1. The summed E-state index contributed by atoms with van der Waals surface area (Å²) in [6.07, 6.45) is 6.20. The lowest BCUT2D eigenvalue weighted by Crippen LogP contribution is -2.16. The van der Waals surface area contributed by atoms with Crippen molar-refractivity contribution in [1.29, 1.82) is 0 Å². The van der Waals surface area contributed by atoms with Crippen LogP contribution < -0.4 is 10.3 Å². The first-order valence-electron chi connectivity index (χ1n) is 8.49. The van der Waals surface area contributed by atoms with Gasteiger partial charge in [-0.3, -0.25) is 9.78 Å². The molecule has 0 bridgehead atoms. The monoisotopic (exact) mass is 354 g/mol. The molecule has 3 aromatic rings. The minimum Gasteiger partial charge on any atom is -0.493 e. The summed E-state index contributed by atoms with van der Waals surface area (Å²) in [4.78, 5) is 17.7. The fourth-order valence-electron chi connectivity index (χ4n) is 2.84. The SMILES string of the molecule is CCCOc1ccc(SCC)cc1-c1cn(C)c(=O)c2cnccc12. The highest BCUT2D eigenvalue weighted by atomic mass is 32.2. The van der Waals surface area contributed by atoms with Crippen molar-refractivity contribution in [2.45, 2.75) is 25.2 Å². The van der Waals surface area contributed by atoms with Gasteiger partial charge in [-0.25, -0.2) is 0 Å². The Bertz CT molecular complexity index is 950. The lowest BCUT2D eigenvalue weighted by atomic mass is 10.0. The van der Waals surface area contributed by atoms with Crippen molar-refractivity contribution in [2.75, 3.05) is 12.4 Å². The van der Waals surface area contributed by atoms with E-state index in [1.807, 2.05) is 18.3 Å². The lowest BCUT2D eigenvalue weighted by Gasteiger charge is -2.15. The molecule has 0 N–H and O–H groups in total. The Labute approximate surface area is 151 Å². The molecule has 2 heterocycles. The van der Waals surface area contributed by atoms with E-state index in [0.29, 0.717) is 12.0 Å². The standard InChI is InChI=1S/C20H22N2O2S/c1-4-10-24-19-7-6-14(25-5-2)11-16(19)18-13-22(3)20(23)17-12-21-9-8-15(17)18/h6-9,11-13H,4-5,10H2,1-3H3. The first-order chi connectivity index (χ1) is 12.2. The van der Waals surface area contributed by atoms with E-state index < -0.39 is 0 Å². The Morgan fingerprint density at radius 1 is 1.16 bits per heavy atom. The zero-order valence-electron chi connectivity index (χ0n) is 14.8. The van der Waals surface area contributed by atoms with E-state index in [9.17, 15) is 4.79 Å². The number of nitrogens with zero attached hydrogens (tertiary/aromatic N) is 2. The Morgan fingerprint density at radius 2 is 2.00 bits per heavy atom. The third-order valence-electron chi connectivity index (χ3n) is 4.00. The van der Waals surface area contributed by atoms with Crippen LogP contribution in [0.2, 0.25) is 0 Å². The van der Waals surface area contributed by atoms with Crippen LogP contribution in [0.5, 0.6) is 5.75 Å². The smallest absolute Gasteiger partial charge is 0.259 e. The summed E-state index contributed by atoms with van der Waals surface area (Å²) in [7, 11) is 1.77. The number of rotatable bonds is 6. The van der Waals surface area contributed by atoms with Gasteiger partial charge in [0.05, 0.1) is 12.0 Å². The normalized spacial score (nSPS) is 11.0. The Morgan fingerprint density at radius 3 is 2.76 bits per heavy atom. The highest BCUT2D eigenvalue weighted by Gasteiger charge is 2.14. The van der Waals surface area contributed by atoms with Crippen LogP contribution in [0, 0.1) is 0 Å². The molecule has 0 radical (unpaired) electrons. The molecule has 0 saturated heterocycles. The first kappa shape index (κ1) is 17.5. The minimum atomic E-state index is -0.0398. The van der Waals surface area contributed by atoms with Crippen molar-refractivity contribution in [3.05, 3.63) is 53.2 Å². The summed E-state index contributed by atoms with van der Waals surface area (Å²) in [5.41, 5.74) is 1.96. The molecule has 3 rings (SSSR count). The van der Waals surface area contributed by atoms with Gasteiger partial charge in [0.1, 0.15) is 5.75 Å². The average molecular weight is 354 g/mol. The van der Waals surface area contributed by atoms with Gasteiger partial charge in [-0.15, -0.1) is 11.8 Å². The summed E-state index contributed by atoms with van der Waals surface area (Å²) in [6.45, 7) is 4.89. The van der Waals surface area contributed by atoms with Gasteiger partial charge < -0.3 is 9.30 Å². The van der Waals surface area contributed by atoms with Crippen LogP contribution in [0.4, 0.5) is 0 Å². The Hall–Kier alpha value is -2.27. The molecule has 0 saturated carbocycles. The van der Waals surface area contributed by atoms with E-state index >= 15 is 0 Å². The van der Waals surface area contributed by atoms with Gasteiger partial charge in [0.15, 0.2) is 0 Å². The molecule has 0 aliphatic carbocycles. The zero-order valence-corrected chi connectivity index (χ0v) is 15.6. The largest absolute Gasteiger partial charge is 0.493 e. The van der Waals surface area contributed by atoms with Crippen molar-refractivity contribution >= 4 is 22.5 Å². The van der Waals surface area contributed by atoms with E-state index in [4.69, 9.17) is 4.74 Å². The molecule has 0 atom stereocenters. The number of benzene rings is 1. The summed E-state index contributed by atoms with van der Waals surface area (Å²) in [6, 6.07) is 8.17. The van der Waals surface area contributed by atoms with Crippen LogP contribution in [-0.2, 0) is 7.05 Å². The van der Waals surface area contributed by atoms with Gasteiger partial charge in [0, 0.05) is 41.7 Å². The zero-order chi connectivity index (χ0) is 17.8. The second-order valence-electron chi connectivity index (χ2n) is 5.82. The summed E-state index contributed by atoms with van der Waals surface area (Å²) in [5.74, 6) is 1.85. The maximum absolute atomic E-state index is 12.4. The number of aromatic nitrogens is 2. The number of hydrogen-bond acceptors (Lipinski definition) is 4. The van der Waals surface area contributed by atoms with Crippen LogP contribution in [0.25, 0.3) is 21.9 Å². The number of hydrogen-bond donors (Lipinski definition) is 0. The van der Waals surface area contributed by atoms with Crippen molar-refractivity contribution in [3.8, 4) is 16.9 Å². The second kappa shape index (κ2) is 7.74. The molecule has 5 heteroatoms. The molecule has 0 fully saturated rings. The third kappa shape index (κ3) is 3.56. The molecule has 0 aliphatic heterocycles. The van der Waals surface area contributed by atoms with Gasteiger partial charge >= 0.3 is 0 Å². The predicted octanol–water partition coefficient (Wildman–Crippen LogP) is 4.50. The van der Waals surface area contributed by atoms with Crippen LogP contribution >= 0.6 is 11.8 Å². The van der Waals surface area contributed by atoms with E-state index in [1.165, 1.54) is 4.90 Å². The van der Waals surface area contributed by atoms with Crippen LogP contribution in [0.15, 0.2) is 52.5 Å². The molecule has 0 aliphatic rings. The fourth-order valence-corrected chi connectivity index (χ4v) is 3.54. The molecule has 0 spiro atoms. The van der Waals surface area contributed by atoms with Crippen molar-refractivity contribution in [3.63, 3.8) is 0 Å². The molecular weight excluding hydrogens is 332 g/mol. The number of pyridine rings is 2. The van der Waals surface area contributed by atoms with Gasteiger partial charge in [-0.05, 0) is 41.8 Å². The quantitative estimate of drug-likeness (QED) is 0.611. The topological polar surface area (TPSA) is 44.1 Å². The van der Waals surface area contributed by atoms with Crippen molar-refractivity contribution < 1.29 is 4.74 Å². The van der Waals surface area contributed by atoms with Gasteiger partial charge in [0.2, 0.25) is 0 Å². The predicted molar refractivity (Wildman–Crippen MR) is 105 cm³/mol. The molecule has 0 amide bonds. The molecule has 0 unspecified atom stereocenters. The van der Waals surface area contributed by atoms with E-state index in [2.05, 4.69) is 31.0 Å². The fraction of sp³-hybridized carbons (Fsp3) is 0.300. The molecule has 25 heavy (non-hydrogen) atoms. The van der Waals surface area contributed by atoms with Crippen LogP contribution in [0.3, 0.4) is 0 Å². The van der Waals surface area contributed by atoms with E-state index in [0.717, 1.165) is 34.4 Å². The van der Waals surface area contributed by atoms with Crippen LogP contribution in [0.1, 0.15) is 20.3 Å². The van der Waals surface area contributed by atoms with Crippen LogP contribution in [-0.4, -0.2) is 21.9 Å². The van der Waals surface area contributed by atoms with Gasteiger partial charge in [-0.1, -0.05) is 13.8 Å². The van der Waals surface area contributed by atoms with Crippen molar-refractivity contribution in [2.24, 2.45) is 7.05 Å². The Balaban J connectivity index is 2.27. The Kier molecular flexibility index (Phi) is 5.43. The summed E-state index contributed by atoms with van der Waals surface area (Å²) in [5, 5.41) is 1.52. The van der Waals surface area contributed by atoms with E-state index in [1.54, 1.807) is 35.8 Å². The molecule has 2 aromatic heterocycles. The molecular formula is C20H22N2O2S. The molecule has 130 valence electrons. The summed E-state index contributed by atoms with van der Waals surface area (Å²) < 4.78 is 7.59. The van der Waals surface area contributed by atoms with Gasteiger partial charge in [0.25, 0.3) is 5.56 Å². The lowest BCUT2D eigenvalue weighted by molar-refractivity contribution is 0.318. The molecule has 4 nitrogen and oxygen atoms in total. The maximum Gasteiger partial charge on any atom is 0.259 e. The first-order valence-corrected chi connectivity index (χ1v) is 9.47. The highest BCUT2D eigenvalue weighted by Crippen LogP contribution is 2.37. The van der Waals surface area contributed by atoms with Gasteiger partial charge in [-0.2, -0.15) is 0 Å². The maximum atomic E-state index is 12.4. The number of thioether (sulfide) groups is 1.